The maximum absolute atomic E-state index is 10.1. The zero-order valence-electron chi connectivity index (χ0n) is 18.2. The quantitative estimate of drug-likeness (QED) is 0.304. The normalized spacial score (nSPS) is 11.6. The van der Waals surface area contributed by atoms with E-state index in [1.807, 2.05) is 12.1 Å². The van der Waals surface area contributed by atoms with Gasteiger partial charge in [-0.3, -0.25) is 15.0 Å². The Kier molecular flexibility index (Phi) is 9.14. The molecule has 35 heavy (non-hydrogen) atoms. The van der Waals surface area contributed by atoms with E-state index in [1.54, 1.807) is 36.7 Å². The van der Waals surface area contributed by atoms with Crippen molar-refractivity contribution in [1.82, 2.24) is 25.3 Å². The number of rotatable bonds is 3. The molecule has 178 valence electrons. The number of carbonyl (C=O) groups is 2. The van der Waals surface area contributed by atoms with E-state index in [4.69, 9.17) is 10.2 Å². The number of aromatic nitrogens is 4. The third kappa shape index (κ3) is 7.54. The Morgan fingerprint density at radius 2 is 1.46 bits per heavy atom. The van der Waals surface area contributed by atoms with Crippen molar-refractivity contribution in [2.75, 3.05) is 18.4 Å². The van der Waals surface area contributed by atoms with Gasteiger partial charge in [0.15, 0.2) is 5.96 Å². The lowest BCUT2D eigenvalue weighted by Crippen LogP contribution is -2.26. The average Bonchev–Trinajstić information content (AvgIpc) is 3.41. The number of hydrogen-bond acceptors (Lipinski definition) is 9. The highest BCUT2D eigenvalue weighted by molar-refractivity contribution is 9.10. The van der Waals surface area contributed by atoms with E-state index in [9.17, 15) is 9.59 Å². The van der Waals surface area contributed by atoms with Crippen LogP contribution in [0.25, 0.3) is 11.0 Å². The summed E-state index contributed by atoms with van der Waals surface area (Å²) < 4.78 is 0.902. The fraction of sp³-hybridized carbons (Fsp3) is 0.0870. The van der Waals surface area contributed by atoms with Crippen LogP contribution in [0.4, 0.5) is 5.69 Å². The van der Waals surface area contributed by atoms with Gasteiger partial charge < -0.3 is 20.8 Å². The number of hydrogen-bond donors (Lipinski definition) is 4. The predicted molar refractivity (Wildman–Crippen MR) is 134 cm³/mol. The largest absolute Gasteiger partial charge is 0.477 e. The summed E-state index contributed by atoms with van der Waals surface area (Å²) in [7, 11) is 0. The maximum atomic E-state index is 10.1. The Morgan fingerprint density at radius 3 is 1.94 bits per heavy atom. The Balaban J connectivity index is 0.000000162. The van der Waals surface area contributed by atoms with Crippen LogP contribution in [-0.2, 0) is 0 Å². The molecule has 0 aliphatic carbocycles. The van der Waals surface area contributed by atoms with Crippen LogP contribution in [0.1, 0.15) is 21.0 Å². The van der Waals surface area contributed by atoms with Crippen molar-refractivity contribution >= 4 is 50.5 Å². The zero-order chi connectivity index (χ0) is 25.0. The summed E-state index contributed by atoms with van der Waals surface area (Å²) >= 11 is 3.54. The van der Waals surface area contributed by atoms with Crippen LogP contribution in [-0.4, -0.2) is 61.1 Å². The summed E-state index contributed by atoms with van der Waals surface area (Å²) in [5.74, 6) is -1.18. The van der Waals surface area contributed by atoms with Crippen LogP contribution >= 0.6 is 15.9 Å². The molecule has 3 aromatic heterocycles. The van der Waals surface area contributed by atoms with Crippen molar-refractivity contribution in [3.05, 3.63) is 89.2 Å². The van der Waals surface area contributed by atoms with Gasteiger partial charge in [0, 0.05) is 31.3 Å². The molecule has 0 unspecified atom stereocenters. The Labute approximate surface area is 208 Å². The summed E-state index contributed by atoms with van der Waals surface area (Å²) in [6.45, 7) is 1.70. The Hall–Kier alpha value is -4.45. The number of aromatic carboxylic acids is 2. The number of carboxylic acids is 2. The van der Waals surface area contributed by atoms with Gasteiger partial charge in [-0.05, 0) is 52.3 Å². The van der Waals surface area contributed by atoms with Gasteiger partial charge in [-0.25, -0.2) is 19.6 Å². The van der Waals surface area contributed by atoms with Crippen molar-refractivity contribution in [2.45, 2.75) is 0 Å². The molecule has 1 aromatic carbocycles. The number of anilines is 1. The Bertz CT molecular complexity index is 1270. The molecule has 0 radical (unpaired) electrons. The number of pyridine rings is 2. The molecule has 5 rings (SSSR count). The van der Waals surface area contributed by atoms with Gasteiger partial charge in [0.2, 0.25) is 0 Å². The van der Waals surface area contributed by atoms with Crippen LogP contribution < -0.4 is 10.6 Å². The SMILES string of the molecule is Brc1c(NC2=NCCN2)ccc2nccnc12.O=C(O)c1ccccn1.O=C(O)c1ccccn1. The second-order valence-electron chi connectivity index (χ2n) is 6.67. The lowest BCUT2D eigenvalue weighted by atomic mass is 10.2. The van der Waals surface area contributed by atoms with Gasteiger partial charge in [-0.15, -0.1) is 0 Å². The molecular weight excluding hydrogens is 518 g/mol. The van der Waals surface area contributed by atoms with Crippen LogP contribution in [0, 0.1) is 0 Å². The molecule has 0 bridgehead atoms. The number of aliphatic imine (C=N–C) groups is 1. The van der Waals surface area contributed by atoms with E-state index in [0.717, 1.165) is 40.2 Å². The van der Waals surface area contributed by atoms with Crippen molar-refractivity contribution in [3.8, 4) is 0 Å². The minimum Gasteiger partial charge on any atom is -0.477 e. The number of halogens is 1. The molecule has 1 aliphatic heterocycles. The molecule has 0 saturated heterocycles. The van der Waals surface area contributed by atoms with Crippen LogP contribution in [0.2, 0.25) is 0 Å². The molecule has 0 atom stereocenters. The maximum Gasteiger partial charge on any atom is 0.354 e. The molecule has 12 heteroatoms. The molecule has 1 aliphatic rings. The highest BCUT2D eigenvalue weighted by Crippen LogP contribution is 2.28. The summed E-state index contributed by atoms with van der Waals surface area (Å²) in [5.41, 5.74) is 2.81. The van der Waals surface area contributed by atoms with Gasteiger partial charge >= 0.3 is 11.9 Å². The highest BCUT2D eigenvalue weighted by Gasteiger charge is 2.10. The third-order valence-corrected chi connectivity index (χ3v) is 5.08. The van der Waals surface area contributed by atoms with Crippen LogP contribution in [0.15, 0.2) is 82.8 Å². The lowest BCUT2D eigenvalue weighted by Gasteiger charge is -2.09. The second kappa shape index (κ2) is 12.7. The van der Waals surface area contributed by atoms with Crippen LogP contribution in [0.5, 0.6) is 0 Å². The number of carboxylic acid groups (broad SMARTS) is 2. The van der Waals surface area contributed by atoms with Gasteiger partial charge in [0.1, 0.15) is 16.9 Å². The van der Waals surface area contributed by atoms with E-state index in [0.29, 0.717) is 0 Å². The van der Waals surface area contributed by atoms with Gasteiger partial charge in [0.05, 0.1) is 22.2 Å². The van der Waals surface area contributed by atoms with E-state index in [1.165, 1.54) is 24.5 Å². The van der Waals surface area contributed by atoms with E-state index < -0.39 is 11.9 Å². The zero-order valence-corrected chi connectivity index (χ0v) is 19.8. The molecule has 0 fully saturated rings. The minimum absolute atomic E-state index is 0.0810. The molecule has 4 aromatic rings. The van der Waals surface area contributed by atoms with Crippen molar-refractivity contribution in [3.63, 3.8) is 0 Å². The molecule has 4 heterocycles. The van der Waals surface area contributed by atoms with Gasteiger partial charge in [0.25, 0.3) is 0 Å². The van der Waals surface area contributed by atoms with Crippen LogP contribution in [0.3, 0.4) is 0 Å². The first-order chi connectivity index (χ1) is 17.0. The fourth-order valence-electron chi connectivity index (χ4n) is 2.69. The monoisotopic (exact) mass is 537 g/mol. The molecule has 0 saturated carbocycles. The lowest BCUT2D eigenvalue weighted by molar-refractivity contribution is 0.0680. The molecular formula is C23H20BrN7O4. The average molecular weight is 538 g/mol. The standard InChI is InChI=1S/C11H10BrN5.2C6H5NO2/c12-9-7(17-11-15-5-6-16-11)1-2-8-10(9)14-4-3-13-8;2*8-6(9)5-3-1-2-4-7-5/h1-4H,5-6H2,(H2,15,16,17);2*1-4H,(H,8,9). The molecule has 4 N–H and O–H groups in total. The highest BCUT2D eigenvalue weighted by atomic mass is 79.9. The van der Waals surface area contributed by atoms with Gasteiger partial charge in [-0.2, -0.15) is 0 Å². The summed E-state index contributed by atoms with van der Waals surface area (Å²) in [6, 6.07) is 13.4. The third-order valence-electron chi connectivity index (χ3n) is 4.27. The first kappa shape index (κ1) is 25.2. The van der Waals surface area contributed by atoms with Crippen molar-refractivity contribution in [2.24, 2.45) is 4.99 Å². The first-order valence-electron chi connectivity index (χ1n) is 10.2. The number of guanidine groups is 1. The van der Waals surface area contributed by atoms with Crippen molar-refractivity contribution < 1.29 is 19.8 Å². The smallest absolute Gasteiger partial charge is 0.354 e. The van der Waals surface area contributed by atoms with E-state index in [-0.39, 0.29) is 11.4 Å². The molecule has 0 spiro atoms. The second-order valence-corrected chi connectivity index (χ2v) is 7.47. The first-order valence-corrected chi connectivity index (χ1v) is 11.0. The summed E-state index contributed by atoms with van der Waals surface area (Å²) in [6.07, 6.45) is 6.26. The Morgan fingerprint density at radius 1 is 0.829 bits per heavy atom. The summed E-state index contributed by atoms with van der Waals surface area (Å²) in [4.78, 5) is 40.3. The molecule has 0 amide bonds. The molecule has 11 nitrogen and oxygen atoms in total. The van der Waals surface area contributed by atoms with E-state index >= 15 is 0 Å². The number of nitrogens with one attached hydrogen (secondary N) is 2. The number of fused-ring (bicyclic) bond motifs is 1. The number of benzene rings is 1. The number of nitrogens with zero attached hydrogens (tertiary/aromatic N) is 5. The topological polar surface area (TPSA) is 163 Å². The predicted octanol–water partition coefficient (Wildman–Crippen LogP) is 3.32. The van der Waals surface area contributed by atoms with E-state index in [2.05, 4.69) is 51.5 Å². The fourth-order valence-corrected chi connectivity index (χ4v) is 3.22. The van der Waals surface area contributed by atoms with Gasteiger partial charge in [-0.1, -0.05) is 12.1 Å². The minimum atomic E-state index is -0.990. The summed E-state index contributed by atoms with van der Waals surface area (Å²) in [5, 5.41) is 23.0. The van der Waals surface area contributed by atoms with Crippen molar-refractivity contribution in [1.29, 1.82) is 0 Å².